The van der Waals surface area contributed by atoms with Crippen LogP contribution in [0, 0.1) is 9.49 Å². The first-order chi connectivity index (χ1) is 8.82. The van der Waals surface area contributed by atoms with Crippen molar-refractivity contribution < 1.29 is 14.7 Å². The number of benzene rings is 1. The molecule has 102 valence electrons. The number of carbonyl (C=O) groups is 2. The number of hydrogen-bond donors (Lipinski definition) is 3. The molecule has 1 unspecified atom stereocenters. The Morgan fingerprint density at radius 2 is 2.11 bits per heavy atom. The number of anilines is 1. The van der Waals surface area contributed by atoms with Crippen LogP contribution < -0.4 is 11.1 Å². The minimum Gasteiger partial charge on any atom is -0.478 e. The van der Waals surface area contributed by atoms with Crippen LogP contribution in [-0.2, 0) is 4.79 Å². The maximum atomic E-state index is 12.1. The highest BCUT2D eigenvalue weighted by Crippen LogP contribution is 2.38. The minimum absolute atomic E-state index is 0.0758. The number of carboxylic acids is 1. The van der Waals surface area contributed by atoms with Crippen molar-refractivity contribution in [3.63, 3.8) is 0 Å². The third kappa shape index (κ3) is 3.06. The summed E-state index contributed by atoms with van der Waals surface area (Å²) in [5.41, 5.74) is 5.43. The van der Waals surface area contributed by atoms with Crippen molar-refractivity contribution in [2.75, 3.05) is 5.32 Å². The zero-order chi connectivity index (χ0) is 14.2. The van der Waals surface area contributed by atoms with Gasteiger partial charge in [-0.1, -0.05) is 0 Å². The Bertz CT molecular complexity index is 539. The molecule has 0 aromatic heterocycles. The summed E-state index contributed by atoms with van der Waals surface area (Å²) in [6.07, 6.45) is 1.89. The van der Waals surface area contributed by atoms with Gasteiger partial charge in [0.15, 0.2) is 0 Å². The lowest BCUT2D eigenvalue weighted by Gasteiger charge is -2.23. The maximum Gasteiger partial charge on any atom is 0.337 e. The Hall–Kier alpha value is -1.15. The lowest BCUT2D eigenvalue weighted by Crippen LogP contribution is -2.50. The Morgan fingerprint density at radius 1 is 1.47 bits per heavy atom. The minimum atomic E-state index is -1.07. The van der Waals surface area contributed by atoms with Gasteiger partial charge in [-0.2, -0.15) is 0 Å². The normalized spacial score (nSPS) is 17.6. The van der Waals surface area contributed by atoms with Gasteiger partial charge < -0.3 is 16.2 Å². The molecule has 1 saturated carbocycles. The Balaban J connectivity index is 2.23. The van der Waals surface area contributed by atoms with Crippen molar-refractivity contribution in [2.24, 2.45) is 11.7 Å². The lowest BCUT2D eigenvalue weighted by molar-refractivity contribution is -0.121. The van der Waals surface area contributed by atoms with Crippen LogP contribution in [0.4, 0.5) is 5.69 Å². The Morgan fingerprint density at radius 3 is 2.63 bits per heavy atom. The molecule has 1 atom stereocenters. The van der Waals surface area contributed by atoms with E-state index in [2.05, 4.69) is 5.32 Å². The molecule has 0 saturated heterocycles. The van der Waals surface area contributed by atoms with E-state index in [4.69, 9.17) is 10.8 Å². The molecule has 1 fully saturated rings. The number of amides is 1. The summed E-state index contributed by atoms with van der Waals surface area (Å²) < 4.78 is 0.797. The van der Waals surface area contributed by atoms with Gasteiger partial charge in [0, 0.05) is 3.57 Å². The van der Waals surface area contributed by atoms with E-state index in [0.717, 1.165) is 16.4 Å². The third-order valence-electron chi connectivity index (χ3n) is 3.37. The van der Waals surface area contributed by atoms with E-state index < -0.39 is 11.5 Å². The molecule has 1 aromatic carbocycles. The van der Waals surface area contributed by atoms with E-state index in [-0.39, 0.29) is 23.1 Å². The van der Waals surface area contributed by atoms with Gasteiger partial charge >= 0.3 is 5.97 Å². The van der Waals surface area contributed by atoms with Crippen LogP contribution in [0.15, 0.2) is 18.2 Å². The van der Waals surface area contributed by atoms with Crippen LogP contribution >= 0.6 is 22.6 Å². The van der Waals surface area contributed by atoms with Gasteiger partial charge in [-0.25, -0.2) is 4.79 Å². The molecule has 1 aliphatic carbocycles. The molecule has 4 N–H and O–H groups in total. The average molecular weight is 374 g/mol. The molecule has 2 rings (SSSR count). The summed E-state index contributed by atoms with van der Waals surface area (Å²) in [5.74, 6) is -1.22. The highest BCUT2D eigenvalue weighted by Gasteiger charge is 2.44. The van der Waals surface area contributed by atoms with Gasteiger partial charge in [0.1, 0.15) is 0 Å². The van der Waals surface area contributed by atoms with Crippen LogP contribution in [0.25, 0.3) is 0 Å². The van der Waals surface area contributed by atoms with Crippen molar-refractivity contribution in [1.82, 2.24) is 0 Å². The van der Waals surface area contributed by atoms with E-state index in [9.17, 15) is 9.59 Å². The molecule has 1 amide bonds. The number of nitrogens with two attached hydrogens (primary N) is 1. The van der Waals surface area contributed by atoms with E-state index in [0.29, 0.717) is 0 Å². The monoisotopic (exact) mass is 374 g/mol. The average Bonchev–Trinajstić information content (AvgIpc) is 3.15. The van der Waals surface area contributed by atoms with Crippen LogP contribution in [0.3, 0.4) is 0 Å². The molecule has 6 heteroatoms. The van der Waals surface area contributed by atoms with E-state index in [1.165, 1.54) is 6.07 Å². The van der Waals surface area contributed by atoms with Gasteiger partial charge in [0.25, 0.3) is 0 Å². The van der Waals surface area contributed by atoms with Gasteiger partial charge in [-0.15, -0.1) is 0 Å². The van der Waals surface area contributed by atoms with Crippen molar-refractivity contribution in [3.8, 4) is 0 Å². The van der Waals surface area contributed by atoms with Gasteiger partial charge in [-0.3, -0.25) is 4.79 Å². The van der Waals surface area contributed by atoms with Crippen LogP contribution in [0.5, 0.6) is 0 Å². The zero-order valence-electron chi connectivity index (χ0n) is 10.4. The molecule has 0 spiro atoms. The first-order valence-corrected chi connectivity index (χ1v) is 7.03. The van der Waals surface area contributed by atoms with Crippen molar-refractivity contribution >= 4 is 40.2 Å². The standard InChI is InChI=1S/C13H15IN2O3/c1-13(15,7-2-3-7)12(19)16-10-5-4-8(14)6-9(10)11(17)18/h4-7H,2-3,15H2,1H3,(H,16,19)(H,17,18). The number of carboxylic acid groups (broad SMARTS) is 1. The fourth-order valence-corrected chi connectivity index (χ4v) is 2.42. The zero-order valence-corrected chi connectivity index (χ0v) is 12.6. The molecule has 0 bridgehead atoms. The van der Waals surface area contributed by atoms with Gasteiger partial charge in [0.2, 0.25) is 5.91 Å². The number of rotatable bonds is 4. The SMILES string of the molecule is CC(N)(C(=O)Nc1ccc(I)cc1C(=O)O)C1CC1. The van der Waals surface area contributed by atoms with Gasteiger partial charge in [-0.05, 0) is 66.5 Å². The van der Waals surface area contributed by atoms with Crippen LogP contribution in [-0.4, -0.2) is 22.5 Å². The second-order valence-corrected chi connectivity index (χ2v) is 6.25. The number of nitrogens with one attached hydrogen (secondary N) is 1. The molecule has 0 heterocycles. The predicted octanol–water partition coefficient (Wildman–Crippen LogP) is 2.06. The highest BCUT2D eigenvalue weighted by atomic mass is 127. The first-order valence-electron chi connectivity index (χ1n) is 5.95. The molecule has 1 aliphatic rings. The van der Waals surface area contributed by atoms with Gasteiger partial charge in [0.05, 0.1) is 16.8 Å². The third-order valence-corrected chi connectivity index (χ3v) is 4.05. The fraction of sp³-hybridized carbons (Fsp3) is 0.385. The van der Waals surface area contributed by atoms with Crippen LogP contribution in [0.1, 0.15) is 30.1 Å². The highest BCUT2D eigenvalue weighted by molar-refractivity contribution is 14.1. The number of aromatic carboxylic acids is 1. The Labute approximate surface area is 124 Å². The van der Waals surface area contributed by atoms with Crippen molar-refractivity contribution in [3.05, 3.63) is 27.3 Å². The largest absolute Gasteiger partial charge is 0.478 e. The summed E-state index contributed by atoms with van der Waals surface area (Å²) in [6, 6.07) is 4.85. The molecule has 19 heavy (non-hydrogen) atoms. The van der Waals surface area contributed by atoms with E-state index in [1.54, 1.807) is 19.1 Å². The fourth-order valence-electron chi connectivity index (χ4n) is 1.93. The van der Waals surface area contributed by atoms with Crippen molar-refractivity contribution in [2.45, 2.75) is 25.3 Å². The Kier molecular flexibility index (Phi) is 3.82. The van der Waals surface area contributed by atoms with Crippen LogP contribution in [0.2, 0.25) is 0 Å². The van der Waals surface area contributed by atoms with E-state index in [1.807, 2.05) is 22.6 Å². The van der Waals surface area contributed by atoms with Crippen molar-refractivity contribution in [1.29, 1.82) is 0 Å². The topological polar surface area (TPSA) is 92.4 Å². The second kappa shape index (κ2) is 5.09. The molecule has 0 aliphatic heterocycles. The maximum absolute atomic E-state index is 12.1. The summed E-state index contributed by atoms with van der Waals surface area (Å²) in [4.78, 5) is 23.3. The number of hydrogen-bond acceptors (Lipinski definition) is 3. The molecular formula is C13H15IN2O3. The number of carbonyl (C=O) groups excluding carboxylic acids is 1. The van der Waals surface area contributed by atoms with E-state index >= 15 is 0 Å². The second-order valence-electron chi connectivity index (χ2n) is 5.01. The lowest BCUT2D eigenvalue weighted by atomic mass is 9.96. The summed E-state index contributed by atoms with van der Waals surface area (Å²) >= 11 is 2.03. The molecule has 5 nitrogen and oxygen atoms in total. The molecular weight excluding hydrogens is 359 g/mol. The molecule has 1 aromatic rings. The summed E-state index contributed by atoms with van der Waals surface area (Å²) in [6.45, 7) is 1.69. The summed E-state index contributed by atoms with van der Waals surface area (Å²) in [7, 11) is 0. The predicted molar refractivity (Wildman–Crippen MR) is 80.1 cm³/mol. The number of halogens is 1. The molecule has 0 radical (unpaired) electrons. The quantitative estimate of drug-likeness (QED) is 0.704. The summed E-state index contributed by atoms with van der Waals surface area (Å²) in [5, 5.41) is 11.8. The first kappa shape index (κ1) is 14.3. The smallest absolute Gasteiger partial charge is 0.337 e.